The SMILES string of the molecule is Cc1c(O)ccc(O)c1-[n+]1ccccc1. The van der Waals surface area contributed by atoms with Crippen molar-refractivity contribution in [2.45, 2.75) is 6.92 Å². The van der Waals surface area contributed by atoms with Crippen LogP contribution in [-0.2, 0) is 0 Å². The van der Waals surface area contributed by atoms with Gasteiger partial charge in [0, 0.05) is 12.1 Å². The molecule has 0 saturated heterocycles. The van der Waals surface area contributed by atoms with E-state index in [-0.39, 0.29) is 11.5 Å². The number of phenols is 2. The maximum absolute atomic E-state index is 9.74. The van der Waals surface area contributed by atoms with Crippen LogP contribution in [0.15, 0.2) is 42.7 Å². The summed E-state index contributed by atoms with van der Waals surface area (Å²) in [6.45, 7) is 1.77. The summed E-state index contributed by atoms with van der Waals surface area (Å²) < 4.78 is 1.77. The molecule has 0 amide bonds. The van der Waals surface area contributed by atoms with Gasteiger partial charge in [-0.3, -0.25) is 0 Å². The first-order valence-electron chi connectivity index (χ1n) is 4.68. The molecule has 3 nitrogen and oxygen atoms in total. The number of benzene rings is 1. The molecule has 0 aliphatic carbocycles. The van der Waals surface area contributed by atoms with E-state index in [0.29, 0.717) is 11.3 Å². The van der Waals surface area contributed by atoms with Gasteiger partial charge in [-0.1, -0.05) is 6.07 Å². The van der Waals surface area contributed by atoms with Crippen LogP contribution < -0.4 is 4.57 Å². The van der Waals surface area contributed by atoms with Crippen LogP contribution in [0.2, 0.25) is 0 Å². The van der Waals surface area contributed by atoms with Crippen LogP contribution in [0.5, 0.6) is 11.5 Å². The molecule has 1 aromatic heterocycles. The molecule has 0 unspecified atom stereocenters. The minimum absolute atomic E-state index is 0.154. The smallest absolute Gasteiger partial charge is 0.259 e. The van der Waals surface area contributed by atoms with E-state index in [4.69, 9.17) is 0 Å². The highest BCUT2D eigenvalue weighted by Crippen LogP contribution is 2.27. The first kappa shape index (κ1) is 9.52. The Bertz CT molecular complexity index is 480. The van der Waals surface area contributed by atoms with Crippen molar-refractivity contribution in [3.63, 3.8) is 0 Å². The lowest BCUT2D eigenvalue weighted by Crippen LogP contribution is -2.30. The molecule has 2 rings (SSSR count). The molecule has 1 aromatic carbocycles. The molecule has 0 atom stereocenters. The molecule has 0 aliphatic rings. The average Bonchev–Trinajstić information content (AvgIpc) is 2.26. The molecule has 1 heterocycles. The van der Waals surface area contributed by atoms with E-state index in [1.54, 1.807) is 11.5 Å². The van der Waals surface area contributed by atoms with Gasteiger partial charge in [0.05, 0.1) is 5.56 Å². The molecule has 0 fully saturated rings. The van der Waals surface area contributed by atoms with E-state index >= 15 is 0 Å². The summed E-state index contributed by atoms with van der Waals surface area (Å²) in [6, 6.07) is 8.59. The van der Waals surface area contributed by atoms with Crippen LogP contribution in [-0.4, -0.2) is 10.2 Å². The molecule has 2 aromatic rings. The Hall–Kier alpha value is -2.03. The summed E-state index contributed by atoms with van der Waals surface area (Å²) in [7, 11) is 0. The number of aromatic hydroxyl groups is 2. The van der Waals surface area contributed by atoms with E-state index in [1.807, 2.05) is 30.6 Å². The van der Waals surface area contributed by atoms with E-state index in [0.717, 1.165) is 0 Å². The summed E-state index contributed by atoms with van der Waals surface area (Å²) >= 11 is 0. The molecule has 0 aliphatic heterocycles. The third-order valence-corrected chi connectivity index (χ3v) is 2.35. The highest BCUT2D eigenvalue weighted by molar-refractivity contribution is 5.51. The summed E-state index contributed by atoms with van der Waals surface area (Å²) in [6.07, 6.45) is 3.64. The average molecular weight is 202 g/mol. The van der Waals surface area contributed by atoms with Crippen LogP contribution in [0.4, 0.5) is 0 Å². The van der Waals surface area contributed by atoms with Gasteiger partial charge < -0.3 is 10.2 Å². The molecule has 0 saturated carbocycles. The number of aromatic nitrogens is 1. The van der Waals surface area contributed by atoms with Gasteiger partial charge in [0.15, 0.2) is 18.1 Å². The zero-order valence-corrected chi connectivity index (χ0v) is 8.38. The second-order valence-electron chi connectivity index (χ2n) is 3.36. The zero-order chi connectivity index (χ0) is 10.8. The van der Waals surface area contributed by atoms with Crippen LogP contribution in [0.3, 0.4) is 0 Å². The van der Waals surface area contributed by atoms with Gasteiger partial charge in [0.25, 0.3) is 5.69 Å². The van der Waals surface area contributed by atoms with E-state index in [9.17, 15) is 10.2 Å². The summed E-state index contributed by atoms with van der Waals surface area (Å²) in [5, 5.41) is 19.3. The lowest BCUT2D eigenvalue weighted by atomic mass is 10.1. The Morgan fingerprint density at radius 2 is 1.53 bits per heavy atom. The van der Waals surface area contributed by atoms with Crippen molar-refractivity contribution in [3.8, 4) is 17.2 Å². The second kappa shape index (κ2) is 3.61. The van der Waals surface area contributed by atoms with Gasteiger partial charge in [0.2, 0.25) is 0 Å². The molecule has 76 valence electrons. The standard InChI is InChI=1S/C12H11NO2/c1-9-10(14)5-6-11(15)12(9)13-7-3-2-4-8-13/h2-8H,1H3,(H-,14,15)/p+1. The maximum Gasteiger partial charge on any atom is 0.259 e. The van der Waals surface area contributed by atoms with Gasteiger partial charge in [-0.25, -0.2) is 0 Å². The van der Waals surface area contributed by atoms with Crippen LogP contribution in [0.25, 0.3) is 5.69 Å². The molecular formula is C12H12NO2+. The second-order valence-corrected chi connectivity index (χ2v) is 3.36. The first-order valence-corrected chi connectivity index (χ1v) is 4.68. The maximum atomic E-state index is 9.74. The minimum Gasteiger partial charge on any atom is -0.507 e. The number of phenolic OH excluding ortho intramolecular Hbond substituents is 2. The summed E-state index contributed by atoms with van der Waals surface area (Å²) in [5.41, 5.74) is 1.27. The molecule has 15 heavy (non-hydrogen) atoms. The van der Waals surface area contributed by atoms with Crippen molar-refractivity contribution < 1.29 is 14.8 Å². The quantitative estimate of drug-likeness (QED) is 0.546. The normalized spacial score (nSPS) is 10.2. The zero-order valence-electron chi connectivity index (χ0n) is 8.38. The van der Waals surface area contributed by atoms with Crippen LogP contribution in [0, 0.1) is 6.92 Å². The highest BCUT2D eigenvalue weighted by atomic mass is 16.3. The first-order chi connectivity index (χ1) is 7.20. The van der Waals surface area contributed by atoms with Crippen molar-refractivity contribution in [2.75, 3.05) is 0 Å². The van der Waals surface area contributed by atoms with Crippen LogP contribution in [0.1, 0.15) is 5.56 Å². The lowest BCUT2D eigenvalue weighted by molar-refractivity contribution is -0.596. The Morgan fingerprint density at radius 3 is 2.20 bits per heavy atom. The van der Waals surface area contributed by atoms with E-state index in [2.05, 4.69) is 0 Å². The molecule has 0 bridgehead atoms. The Kier molecular flexibility index (Phi) is 2.29. The monoisotopic (exact) mass is 202 g/mol. The Labute approximate surface area is 87.9 Å². The minimum atomic E-state index is 0.154. The van der Waals surface area contributed by atoms with Gasteiger partial charge >= 0.3 is 0 Å². The van der Waals surface area contributed by atoms with Crippen LogP contribution >= 0.6 is 0 Å². The Balaban J connectivity index is 2.68. The van der Waals surface area contributed by atoms with Crippen molar-refractivity contribution >= 4 is 0 Å². The molecule has 3 heteroatoms. The number of hydrogen-bond donors (Lipinski definition) is 2. The lowest BCUT2D eigenvalue weighted by Gasteiger charge is -2.04. The van der Waals surface area contributed by atoms with E-state index in [1.165, 1.54) is 12.1 Å². The largest absolute Gasteiger partial charge is 0.507 e. The number of pyridine rings is 1. The molecule has 2 N–H and O–H groups in total. The summed E-state index contributed by atoms with van der Waals surface area (Å²) in [4.78, 5) is 0. The predicted octanol–water partition coefficient (Wildman–Crippen LogP) is 1.68. The van der Waals surface area contributed by atoms with Gasteiger partial charge in [0.1, 0.15) is 5.75 Å². The topological polar surface area (TPSA) is 44.3 Å². The van der Waals surface area contributed by atoms with Gasteiger partial charge in [-0.2, -0.15) is 4.57 Å². The highest BCUT2D eigenvalue weighted by Gasteiger charge is 2.17. The van der Waals surface area contributed by atoms with Crippen molar-refractivity contribution in [1.29, 1.82) is 0 Å². The fourth-order valence-electron chi connectivity index (χ4n) is 1.55. The fraction of sp³-hybridized carbons (Fsp3) is 0.0833. The van der Waals surface area contributed by atoms with Crippen molar-refractivity contribution in [1.82, 2.24) is 0 Å². The number of hydrogen-bond acceptors (Lipinski definition) is 2. The van der Waals surface area contributed by atoms with Gasteiger partial charge in [-0.05, 0) is 19.1 Å². The van der Waals surface area contributed by atoms with E-state index < -0.39 is 0 Å². The summed E-state index contributed by atoms with van der Waals surface area (Å²) in [5.74, 6) is 0.334. The Morgan fingerprint density at radius 1 is 0.933 bits per heavy atom. The molecule has 0 spiro atoms. The molecule has 0 radical (unpaired) electrons. The third kappa shape index (κ3) is 1.64. The van der Waals surface area contributed by atoms with Crippen molar-refractivity contribution in [2.24, 2.45) is 0 Å². The number of nitrogens with zero attached hydrogens (tertiary/aromatic N) is 1. The predicted molar refractivity (Wildman–Crippen MR) is 56.0 cm³/mol. The molecular weight excluding hydrogens is 190 g/mol. The third-order valence-electron chi connectivity index (χ3n) is 2.35. The fourth-order valence-corrected chi connectivity index (χ4v) is 1.55. The number of rotatable bonds is 1. The van der Waals surface area contributed by atoms with Gasteiger partial charge in [-0.15, -0.1) is 0 Å². The van der Waals surface area contributed by atoms with Crippen molar-refractivity contribution in [3.05, 3.63) is 48.3 Å².